The summed E-state index contributed by atoms with van der Waals surface area (Å²) >= 11 is 0. The molecule has 1 aromatic heterocycles. The van der Waals surface area contributed by atoms with Crippen molar-refractivity contribution in [1.29, 1.82) is 0 Å². The topological polar surface area (TPSA) is 54.3 Å². The van der Waals surface area contributed by atoms with Crippen molar-refractivity contribution in [2.24, 2.45) is 7.05 Å². The van der Waals surface area contributed by atoms with E-state index in [-0.39, 0.29) is 29.6 Å². The van der Waals surface area contributed by atoms with Crippen LogP contribution in [0, 0.1) is 0 Å². The predicted molar refractivity (Wildman–Crippen MR) is 101 cm³/mol. The van der Waals surface area contributed by atoms with Crippen LogP contribution < -0.4 is 34.7 Å². The minimum atomic E-state index is -1.22. The van der Waals surface area contributed by atoms with Gasteiger partial charge in [0.2, 0.25) is 0 Å². The number of rotatable bonds is 5. The molecule has 27 heavy (non-hydrogen) atoms. The number of nitrogens with zero attached hydrogens (tertiary/aromatic N) is 1. The maximum atomic E-state index is 12.0. The summed E-state index contributed by atoms with van der Waals surface area (Å²) in [4.78, 5) is 12.0. The SMILES string of the molecule is Cn1c(C(OC(C)(C)C)C(=O)[O-])c(Cc2ccccc2)c2ccccc21.[Na+]. The van der Waals surface area contributed by atoms with Gasteiger partial charge in [-0.1, -0.05) is 48.5 Å². The van der Waals surface area contributed by atoms with Gasteiger partial charge in [-0.05, 0) is 44.4 Å². The van der Waals surface area contributed by atoms with Crippen molar-refractivity contribution >= 4 is 16.9 Å². The molecule has 3 rings (SSSR count). The Hall–Kier alpha value is -1.59. The second-order valence-electron chi connectivity index (χ2n) is 7.53. The molecule has 0 spiro atoms. The Bertz CT molecular complexity index is 926. The van der Waals surface area contributed by atoms with Crippen molar-refractivity contribution in [3.05, 3.63) is 71.4 Å². The molecule has 0 aliphatic carbocycles. The van der Waals surface area contributed by atoms with Crippen LogP contribution in [0.15, 0.2) is 54.6 Å². The van der Waals surface area contributed by atoms with Crippen molar-refractivity contribution in [1.82, 2.24) is 4.57 Å². The van der Waals surface area contributed by atoms with E-state index in [0.717, 1.165) is 22.0 Å². The summed E-state index contributed by atoms with van der Waals surface area (Å²) < 4.78 is 7.81. The minimum Gasteiger partial charge on any atom is -0.547 e. The molecule has 0 amide bonds. The van der Waals surface area contributed by atoms with Crippen LogP contribution in [0.25, 0.3) is 10.9 Å². The van der Waals surface area contributed by atoms with Crippen LogP contribution in [-0.2, 0) is 23.0 Å². The van der Waals surface area contributed by atoms with Gasteiger partial charge in [-0.3, -0.25) is 0 Å². The summed E-state index contributed by atoms with van der Waals surface area (Å²) in [7, 11) is 1.88. The van der Waals surface area contributed by atoms with E-state index in [9.17, 15) is 9.90 Å². The van der Waals surface area contributed by atoms with Gasteiger partial charge in [-0.25, -0.2) is 0 Å². The van der Waals surface area contributed by atoms with Crippen LogP contribution in [0.5, 0.6) is 0 Å². The van der Waals surface area contributed by atoms with E-state index >= 15 is 0 Å². The van der Waals surface area contributed by atoms with Gasteiger partial charge in [-0.15, -0.1) is 0 Å². The molecule has 0 fully saturated rings. The number of para-hydroxylation sites is 1. The fourth-order valence-corrected chi connectivity index (χ4v) is 3.38. The number of carboxylic acid groups (broad SMARTS) is 1. The van der Waals surface area contributed by atoms with E-state index in [1.807, 2.05) is 87.0 Å². The maximum Gasteiger partial charge on any atom is 1.00 e. The number of hydrogen-bond acceptors (Lipinski definition) is 3. The number of fused-ring (bicyclic) bond motifs is 1. The first kappa shape index (κ1) is 21.7. The fourth-order valence-electron chi connectivity index (χ4n) is 3.38. The second kappa shape index (κ2) is 8.61. The molecule has 4 nitrogen and oxygen atoms in total. The summed E-state index contributed by atoms with van der Waals surface area (Å²) in [5.74, 6) is -1.22. The van der Waals surface area contributed by atoms with Crippen LogP contribution in [-0.4, -0.2) is 16.1 Å². The van der Waals surface area contributed by atoms with E-state index in [1.54, 1.807) is 0 Å². The molecular formula is C22H24NNaO3. The molecule has 3 aromatic rings. The summed E-state index contributed by atoms with van der Waals surface area (Å²) in [6, 6.07) is 18.0. The molecular weight excluding hydrogens is 349 g/mol. The fraction of sp³-hybridized carbons (Fsp3) is 0.318. The molecule has 5 heteroatoms. The number of carboxylic acids is 1. The summed E-state index contributed by atoms with van der Waals surface area (Å²) in [5, 5.41) is 13.0. The second-order valence-corrected chi connectivity index (χ2v) is 7.53. The average molecular weight is 373 g/mol. The summed E-state index contributed by atoms with van der Waals surface area (Å²) in [6.45, 7) is 5.55. The van der Waals surface area contributed by atoms with Crippen molar-refractivity contribution in [3.63, 3.8) is 0 Å². The zero-order valence-corrected chi connectivity index (χ0v) is 18.7. The van der Waals surface area contributed by atoms with Crippen molar-refractivity contribution in [2.75, 3.05) is 0 Å². The van der Waals surface area contributed by atoms with Gasteiger partial charge in [-0.2, -0.15) is 0 Å². The Labute approximate surface area is 182 Å². The molecule has 0 radical (unpaired) electrons. The van der Waals surface area contributed by atoms with Gasteiger partial charge in [0.15, 0.2) is 0 Å². The molecule has 0 N–H and O–H groups in total. The van der Waals surface area contributed by atoms with E-state index in [2.05, 4.69) is 0 Å². The summed E-state index contributed by atoms with van der Waals surface area (Å²) in [6.07, 6.45) is -0.499. The number of carbonyl (C=O) groups excluding carboxylic acids is 1. The van der Waals surface area contributed by atoms with E-state index in [1.165, 1.54) is 0 Å². The van der Waals surface area contributed by atoms with Gasteiger partial charge < -0.3 is 19.2 Å². The molecule has 1 heterocycles. The van der Waals surface area contributed by atoms with E-state index in [0.29, 0.717) is 12.1 Å². The molecule has 136 valence electrons. The molecule has 0 saturated carbocycles. The Morgan fingerprint density at radius 2 is 1.67 bits per heavy atom. The molecule has 2 aromatic carbocycles. The van der Waals surface area contributed by atoms with Gasteiger partial charge in [0.1, 0.15) is 6.10 Å². The van der Waals surface area contributed by atoms with Crippen LogP contribution in [0.1, 0.15) is 43.7 Å². The third-order valence-corrected chi connectivity index (χ3v) is 4.42. The zero-order valence-electron chi connectivity index (χ0n) is 16.7. The van der Waals surface area contributed by atoms with Crippen LogP contribution in [0.2, 0.25) is 0 Å². The van der Waals surface area contributed by atoms with Crippen LogP contribution in [0.3, 0.4) is 0 Å². The monoisotopic (exact) mass is 373 g/mol. The molecule has 0 aliphatic heterocycles. The van der Waals surface area contributed by atoms with Crippen molar-refractivity contribution in [3.8, 4) is 0 Å². The Morgan fingerprint density at radius 1 is 1.07 bits per heavy atom. The Kier molecular flexibility index (Phi) is 6.92. The number of aromatic nitrogens is 1. The molecule has 1 atom stereocenters. The van der Waals surface area contributed by atoms with Crippen molar-refractivity contribution in [2.45, 2.75) is 38.9 Å². The van der Waals surface area contributed by atoms with E-state index < -0.39 is 17.7 Å². The first-order valence-electron chi connectivity index (χ1n) is 8.76. The molecule has 0 saturated heterocycles. The van der Waals surface area contributed by atoms with Gasteiger partial charge in [0.05, 0.1) is 17.3 Å². The standard InChI is InChI=1S/C22H25NO3.Na/c1-22(2,3)26-20(21(24)25)19-17(14-15-10-6-5-7-11-15)16-12-8-9-13-18(16)23(19)4;/h5-13,20H,14H2,1-4H3,(H,24,25);/q;+1/p-1. The number of carbonyl (C=O) groups is 1. The first-order chi connectivity index (χ1) is 12.3. The maximum absolute atomic E-state index is 12.0. The van der Waals surface area contributed by atoms with Gasteiger partial charge in [0.25, 0.3) is 0 Å². The van der Waals surface area contributed by atoms with Gasteiger partial charge >= 0.3 is 29.6 Å². The minimum absolute atomic E-state index is 0. The smallest absolute Gasteiger partial charge is 0.547 e. The third-order valence-electron chi connectivity index (χ3n) is 4.42. The van der Waals surface area contributed by atoms with Gasteiger partial charge in [0, 0.05) is 18.0 Å². The molecule has 1 unspecified atom stereocenters. The predicted octanol–water partition coefficient (Wildman–Crippen LogP) is 0.379. The average Bonchev–Trinajstić information content (AvgIpc) is 2.85. The Balaban J connectivity index is 0.00000261. The number of aliphatic carboxylic acids is 1. The summed E-state index contributed by atoms with van der Waals surface area (Å²) in [5.41, 5.74) is 3.11. The molecule has 0 aliphatic rings. The van der Waals surface area contributed by atoms with Crippen LogP contribution >= 0.6 is 0 Å². The van der Waals surface area contributed by atoms with Crippen LogP contribution in [0.4, 0.5) is 0 Å². The van der Waals surface area contributed by atoms with E-state index in [4.69, 9.17) is 4.74 Å². The van der Waals surface area contributed by atoms with Crippen molar-refractivity contribution < 1.29 is 44.2 Å². The third kappa shape index (κ3) is 4.82. The zero-order chi connectivity index (χ0) is 18.9. The molecule has 0 bridgehead atoms. The number of ether oxygens (including phenoxy) is 1. The normalized spacial score (nSPS) is 12.6. The Morgan fingerprint density at radius 3 is 2.26 bits per heavy atom. The number of benzene rings is 2. The first-order valence-corrected chi connectivity index (χ1v) is 8.76. The number of hydrogen-bond donors (Lipinski definition) is 0. The quantitative estimate of drug-likeness (QED) is 0.608. The largest absolute Gasteiger partial charge is 1.00 e. The number of aryl methyl sites for hydroxylation is 1.